The first kappa shape index (κ1) is 14.1. The van der Waals surface area contributed by atoms with Crippen molar-refractivity contribution < 1.29 is 14.7 Å². The first-order valence-electron chi connectivity index (χ1n) is 6.83. The van der Waals surface area contributed by atoms with Crippen LogP contribution in [0.2, 0.25) is 0 Å². The fourth-order valence-corrected chi connectivity index (χ4v) is 3.35. The van der Waals surface area contributed by atoms with E-state index < -0.39 is 5.41 Å². The Bertz CT molecular complexity index is 377. The van der Waals surface area contributed by atoms with Gasteiger partial charge in [0.25, 0.3) is 0 Å². The topological polar surface area (TPSA) is 96.9 Å². The maximum Gasteiger partial charge on any atom is 0.234 e. The molecule has 0 aromatic rings. The van der Waals surface area contributed by atoms with Gasteiger partial charge < -0.3 is 21.0 Å². The normalized spacial score (nSPS) is 38.8. The highest BCUT2D eigenvalue weighted by atomic mass is 16.5. The molecule has 0 spiro atoms. The van der Waals surface area contributed by atoms with E-state index >= 15 is 0 Å². The molecule has 2 atom stereocenters. The van der Waals surface area contributed by atoms with Gasteiger partial charge in [-0.25, -0.2) is 0 Å². The Labute approximate surface area is 113 Å². The fraction of sp³-hybridized carbons (Fsp3) is 0.846. The Morgan fingerprint density at radius 2 is 2.16 bits per heavy atom. The Morgan fingerprint density at radius 3 is 2.63 bits per heavy atom. The van der Waals surface area contributed by atoms with Gasteiger partial charge in [0.15, 0.2) is 5.84 Å². The number of hydrogen-bond acceptors (Lipinski definition) is 4. The molecule has 4 N–H and O–H groups in total. The number of methoxy groups -OCH3 is 1. The summed E-state index contributed by atoms with van der Waals surface area (Å²) < 4.78 is 5.29. The number of rotatable bonds is 4. The molecule has 2 unspecified atom stereocenters. The van der Waals surface area contributed by atoms with E-state index in [0.717, 1.165) is 19.3 Å². The van der Waals surface area contributed by atoms with Crippen LogP contribution in [0.15, 0.2) is 5.16 Å². The number of amidine groups is 1. The largest absolute Gasteiger partial charge is 0.409 e. The molecule has 0 aromatic heterocycles. The zero-order valence-corrected chi connectivity index (χ0v) is 11.6. The van der Waals surface area contributed by atoms with E-state index in [9.17, 15) is 4.79 Å². The molecule has 0 saturated heterocycles. The molecule has 2 aliphatic rings. The van der Waals surface area contributed by atoms with Gasteiger partial charge in [0, 0.05) is 13.2 Å². The van der Waals surface area contributed by atoms with Gasteiger partial charge in [-0.2, -0.15) is 0 Å². The highest BCUT2D eigenvalue weighted by Gasteiger charge is 2.52. The van der Waals surface area contributed by atoms with Crippen LogP contribution < -0.4 is 11.1 Å². The number of hydrogen-bond donors (Lipinski definition) is 3. The third-order valence-electron chi connectivity index (χ3n) is 4.48. The predicted octanol–water partition coefficient (Wildman–Crippen LogP) is 0.833. The van der Waals surface area contributed by atoms with Crippen molar-refractivity contribution in [3.63, 3.8) is 0 Å². The minimum absolute atomic E-state index is 0.0318. The standard InChI is InChI=1S/C13H23N3O3/c1-8-6-13(7-8,11(14)16-18)12(17)15-9-3-4-10(5-9)19-2/h8-10,18H,3-7H2,1-2H3,(H2,14,16)(H,15,17). The summed E-state index contributed by atoms with van der Waals surface area (Å²) in [4.78, 5) is 12.4. The summed E-state index contributed by atoms with van der Waals surface area (Å²) >= 11 is 0. The van der Waals surface area contributed by atoms with E-state index in [4.69, 9.17) is 15.7 Å². The number of nitrogens with zero attached hydrogens (tertiary/aromatic N) is 1. The molecule has 0 heterocycles. The Balaban J connectivity index is 1.98. The molecule has 2 rings (SSSR count). The lowest BCUT2D eigenvalue weighted by Gasteiger charge is -2.44. The molecular formula is C13H23N3O3. The van der Waals surface area contributed by atoms with Gasteiger partial charge in [-0.15, -0.1) is 0 Å². The number of ether oxygens (including phenoxy) is 1. The quantitative estimate of drug-likeness (QED) is 0.305. The number of nitrogens with two attached hydrogens (primary N) is 1. The second-order valence-electron chi connectivity index (χ2n) is 5.92. The summed E-state index contributed by atoms with van der Waals surface area (Å²) in [6.07, 6.45) is 4.25. The molecule has 0 bridgehead atoms. The summed E-state index contributed by atoms with van der Waals surface area (Å²) in [5, 5.41) is 15.0. The van der Waals surface area contributed by atoms with Crippen LogP contribution in [0.3, 0.4) is 0 Å². The second kappa shape index (κ2) is 5.36. The Morgan fingerprint density at radius 1 is 1.47 bits per heavy atom. The molecular weight excluding hydrogens is 246 g/mol. The smallest absolute Gasteiger partial charge is 0.234 e. The molecule has 108 valence electrons. The maximum absolute atomic E-state index is 12.4. The first-order chi connectivity index (χ1) is 9.01. The number of nitrogens with one attached hydrogen (secondary N) is 1. The van der Waals surface area contributed by atoms with Crippen molar-refractivity contribution in [1.29, 1.82) is 0 Å². The molecule has 0 aliphatic heterocycles. The van der Waals surface area contributed by atoms with E-state index in [1.54, 1.807) is 7.11 Å². The number of carbonyl (C=O) groups excluding carboxylic acids is 1. The average Bonchev–Trinajstić information content (AvgIpc) is 2.81. The molecule has 1 amide bonds. The second-order valence-corrected chi connectivity index (χ2v) is 5.92. The maximum atomic E-state index is 12.4. The minimum Gasteiger partial charge on any atom is -0.409 e. The van der Waals surface area contributed by atoms with E-state index in [1.807, 2.05) is 0 Å². The van der Waals surface area contributed by atoms with Crippen LogP contribution >= 0.6 is 0 Å². The summed E-state index contributed by atoms with van der Waals surface area (Å²) in [6.45, 7) is 2.06. The van der Waals surface area contributed by atoms with Gasteiger partial charge in [-0.3, -0.25) is 4.79 Å². The van der Waals surface area contributed by atoms with Gasteiger partial charge >= 0.3 is 0 Å². The summed E-state index contributed by atoms with van der Waals surface area (Å²) in [5.74, 6) is 0.355. The van der Waals surface area contributed by atoms with Crippen molar-refractivity contribution in [1.82, 2.24) is 5.32 Å². The van der Waals surface area contributed by atoms with Gasteiger partial charge in [-0.1, -0.05) is 12.1 Å². The zero-order valence-electron chi connectivity index (χ0n) is 11.6. The fourth-order valence-electron chi connectivity index (χ4n) is 3.35. The highest BCUT2D eigenvalue weighted by Crippen LogP contribution is 2.46. The minimum atomic E-state index is -0.806. The lowest BCUT2D eigenvalue weighted by molar-refractivity contribution is -0.133. The molecule has 6 nitrogen and oxygen atoms in total. The molecule has 0 aromatic carbocycles. The third-order valence-corrected chi connectivity index (χ3v) is 4.48. The summed E-state index contributed by atoms with van der Waals surface area (Å²) in [5.41, 5.74) is 4.91. The van der Waals surface area contributed by atoms with Crippen LogP contribution in [-0.4, -0.2) is 36.2 Å². The van der Waals surface area contributed by atoms with Crippen molar-refractivity contribution >= 4 is 11.7 Å². The van der Waals surface area contributed by atoms with E-state index in [-0.39, 0.29) is 23.9 Å². The Hall–Kier alpha value is -1.30. The van der Waals surface area contributed by atoms with E-state index in [0.29, 0.717) is 18.8 Å². The third kappa shape index (κ3) is 2.54. The molecule has 2 fully saturated rings. The molecule has 2 saturated carbocycles. The lowest BCUT2D eigenvalue weighted by Crippen LogP contribution is -2.58. The SMILES string of the molecule is COC1CCC(NC(=O)C2(C(N)=NO)CC(C)C2)C1. The van der Waals surface area contributed by atoms with Gasteiger partial charge in [0.05, 0.1) is 6.10 Å². The van der Waals surface area contributed by atoms with E-state index in [1.165, 1.54) is 0 Å². The average molecular weight is 269 g/mol. The monoisotopic (exact) mass is 269 g/mol. The molecule has 19 heavy (non-hydrogen) atoms. The van der Waals surface area contributed by atoms with Crippen molar-refractivity contribution in [2.75, 3.05) is 7.11 Å². The molecule has 0 radical (unpaired) electrons. The zero-order chi connectivity index (χ0) is 14.0. The number of oxime groups is 1. The van der Waals surface area contributed by atoms with Crippen LogP contribution in [0.1, 0.15) is 39.0 Å². The van der Waals surface area contributed by atoms with Gasteiger partial charge in [-0.05, 0) is 38.0 Å². The first-order valence-corrected chi connectivity index (χ1v) is 6.83. The van der Waals surface area contributed by atoms with Gasteiger partial charge in [0.2, 0.25) is 5.91 Å². The van der Waals surface area contributed by atoms with Crippen LogP contribution in [0.25, 0.3) is 0 Å². The Kier molecular flexibility index (Phi) is 3.99. The van der Waals surface area contributed by atoms with E-state index in [2.05, 4.69) is 17.4 Å². The molecule has 2 aliphatic carbocycles. The van der Waals surface area contributed by atoms with Gasteiger partial charge in [0.1, 0.15) is 5.41 Å². The summed E-state index contributed by atoms with van der Waals surface area (Å²) in [6, 6.07) is 0.136. The van der Waals surface area contributed by atoms with Crippen LogP contribution in [0, 0.1) is 11.3 Å². The predicted molar refractivity (Wildman–Crippen MR) is 70.8 cm³/mol. The molecule has 6 heteroatoms. The van der Waals surface area contributed by atoms with Crippen LogP contribution in [0.4, 0.5) is 0 Å². The van der Waals surface area contributed by atoms with Crippen molar-refractivity contribution in [3.05, 3.63) is 0 Å². The van der Waals surface area contributed by atoms with Crippen molar-refractivity contribution in [2.24, 2.45) is 22.2 Å². The highest BCUT2D eigenvalue weighted by molar-refractivity contribution is 6.07. The number of amides is 1. The van der Waals surface area contributed by atoms with Crippen molar-refractivity contribution in [2.45, 2.75) is 51.2 Å². The van der Waals surface area contributed by atoms with Crippen LogP contribution in [-0.2, 0) is 9.53 Å². The van der Waals surface area contributed by atoms with Crippen molar-refractivity contribution in [3.8, 4) is 0 Å². The summed E-state index contributed by atoms with van der Waals surface area (Å²) in [7, 11) is 1.69. The number of carbonyl (C=O) groups is 1. The van der Waals surface area contributed by atoms with Crippen LogP contribution in [0.5, 0.6) is 0 Å². The lowest BCUT2D eigenvalue weighted by atomic mass is 9.61.